The molecule has 114 valence electrons. The van der Waals surface area contributed by atoms with Crippen LogP contribution < -0.4 is 0 Å². The van der Waals surface area contributed by atoms with E-state index >= 15 is 0 Å². The van der Waals surface area contributed by atoms with E-state index in [-0.39, 0.29) is 19.1 Å². The van der Waals surface area contributed by atoms with E-state index < -0.39 is 5.54 Å². The van der Waals surface area contributed by atoms with Crippen molar-refractivity contribution < 1.29 is 14.6 Å². The maximum Gasteiger partial charge on any atom is 0.141 e. The van der Waals surface area contributed by atoms with E-state index in [1.54, 1.807) is 24.8 Å². The molecule has 0 aromatic carbocycles. The number of hydrogen-bond acceptors (Lipinski definition) is 6. The third kappa shape index (κ3) is 2.04. The lowest BCUT2D eigenvalue weighted by Crippen LogP contribution is -2.47. The lowest BCUT2D eigenvalue weighted by atomic mass is 10.0. The molecular formula is C16H17N3O3. The van der Waals surface area contributed by atoms with Gasteiger partial charge in [-0.25, -0.2) is 4.90 Å². The van der Waals surface area contributed by atoms with Gasteiger partial charge in [0, 0.05) is 35.9 Å². The Morgan fingerprint density at radius 1 is 1.05 bits per heavy atom. The summed E-state index contributed by atoms with van der Waals surface area (Å²) in [6.45, 7) is 0.847. The van der Waals surface area contributed by atoms with E-state index in [2.05, 4.69) is 14.9 Å². The van der Waals surface area contributed by atoms with Gasteiger partial charge in [0.1, 0.15) is 12.5 Å². The number of aliphatic hydroxyl groups is 1. The van der Waals surface area contributed by atoms with Crippen LogP contribution in [0, 0.1) is 0 Å². The van der Waals surface area contributed by atoms with Crippen LogP contribution in [-0.4, -0.2) is 45.3 Å². The summed E-state index contributed by atoms with van der Waals surface area (Å²) in [5.74, 6) is 0. The van der Waals surface area contributed by atoms with Crippen molar-refractivity contribution in [3.8, 4) is 0 Å². The molecule has 2 fully saturated rings. The van der Waals surface area contributed by atoms with Gasteiger partial charge in [0.25, 0.3) is 0 Å². The Bertz CT molecular complexity index is 586. The van der Waals surface area contributed by atoms with Crippen LogP contribution in [-0.2, 0) is 9.47 Å². The number of hydrogen-bond donors (Lipinski definition) is 1. The van der Waals surface area contributed by atoms with Crippen LogP contribution in [0.3, 0.4) is 0 Å². The van der Waals surface area contributed by atoms with Crippen molar-refractivity contribution in [2.45, 2.75) is 18.0 Å². The van der Waals surface area contributed by atoms with Crippen molar-refractivity contribution in [1.82, 2.24) is 14.9 Å². The molecule has 0 radical (unpaired) electrons. The molecule has 0 amide bonds. The second-order valence-corrected chi connectivity index (χ2v) is 5.69. The molecule has 6 nitrogen and oxygen atoms in total. The number of aromatic nitrogens is 2. The topological polar surface area (TPSA) is 67.7 Å². The van der Waals surface area contributed by atoms with Crippen molar-refractivity contribution in [2.24, 2.45) is 0 Å². The molecule has 22 heavy (non-hydrogen) atoms. The molecule has 1 unspecified atom stereocenters. The predicted octanol–water partition coefficient (Wildman–Crippen LogP) is 1.27. The molecule has 0 saturated carbocycles. The molecule has 4 heterocycles. The smallest absolute Gasteiger partial charge is 0.141 e. The molecule has 0 bridgehead atoms. The molecule has 0 aliphatic carbocycles. The van der Waals surface area contributed by atoms with E-state index in [1.165, 1.54) is 0 Å². The van der Waals surface area contributed by atoms with Crippen LogP contribution in [0.1, 0.15) is 23.6 Å². The van der Waals surface area contributed by atoms with Crippen molar-refractivity contribution >= 4 is 0 Å². The first kappa shape index (κ1) is 13.8. The third-order valence-electron chi connectivity index (χ3n) is 4.31. The Hall–Kier alpha value is -1.86. The number of fused-ring (bicyclic) bond motifs is 1. The van der Waals surface area contributed by atoms with Gasteiger partial charge in [-0.3, -0.25) is 9.97 Å². The molecule has 0 spiro atoms. The summed E-state index contributed by atoms with van der Waals surface area (Å²) in [7, 11) is 0. The van der Waals surface area contributed by atoms with E-state index in [0.29, 0.717) is 13.2 Å². The zero-order valence-corrected chi connectivity index (χ0v) is 12.0. The fourth-order valence-electron chi connectivity index (χ4n) is 3.17. The van der Waals surface area contributed by atoms with Crippen molar-refractivity contribution in [3.63, 3.8) is 0 Å². The molecule has 6 heteroatoms. The maximum atomic E-state index is 9.92. The molecule has 2 aliphatic heterocycles. The lowest BCUT2D eigenvalue weighted by molar-refractivity contribution is -0.0633. The molecule has 2 aliphatic rings. The Morgan fingerprint density at radius 3 is 2.00 bits per heavy atom. The maximum absolute atomic E-state index is 9.92. The Balaban J connectivity index is 1.74. The van der Waals surface area contributed by atoms with Crippen LogP contribution in [0.5, 0.6) is 0 Å². The summed E-state index contributed by atoms with van der Waals surface area (Å²) in [6, 6.07) is 7.72. The zero-order chi connectivity index (χ0) is 15.0. The van der Waals surface area contributed by atoms with Gasteiger partial charge in [0.15, 0.2) is 0 Å². The number of aliphatic hydroxyl groups excluding tert-OH is 1. The summed E-state index contributed by atoms with van der Waals surface area (Å²) < 4.78 is 12.0. The quantitative estimate of drug-likeness (QED) is 0.920. The van der Waals surface area contributed by atoms with Crippen LogP contribution in [0.25, 0.3) is 0 Å². The fraction of sp³-hybridized carbons (Fsp3) is 0.375. The highest BCUT2D eigenvalue weighted by atomic mass is 16.6. The highest BCUT2D eigenvalue weighted by Gasteiger charge is 2.56. The average molecular weight is 299 g/mol. The minimum atomic E-state index is -0.513. The summed E-state index contributed by atoms with van der Waals surface area (Å²) >= 11 is 0. The first-order chi connectivity index (χ1) is 10.8. The second kappa shape index (κ2) is 5.40. The van der Waals surface area contributed by atoms with E-state index in [0.717, 1.165) is 11.1 Å². The first-order valence-electron chi connectivity index (χ1n) is 7.26. The molecule has 2 aromatic rings. The molecular weight excluding hydrogens is 282 g/mol. The van der Waals surface area contributed by atoms with Crippen molar-refractivity contribution in [2.75, 3.05) is 19.8 Å². The zero-order valence-electron chi connectivity index (χ0n) is 12.0. The van der Waals surface area contributed by atoms with Gasteiger partial charge in [-0.2, -0.15) is 0 Å². The molecule has 2 saturated heterocycles. The number of ether oxygens (including phenoxy) is 2. The van der Waals surface area contributed by atoms with Crippen LogP contribution in [0.4, 0.5) is 0 Å². The summed E-state index contributed by atoms with van der Waals surface area (Å²) in [6.07, 6.45) is 6.48. The molecule has 3 atom stereocenters. The van der Waals surface area contributed by atoms with Gasteiger partial charge in [0.05, 0.1) is 25.4 Å². The largest absolute Gasteiger partial charge is 0.394 e. The van der Waals surface area contributed by atoms with E-state index in [1.807, 2.05) is 24.3 Å². The Labute approximate surface area is 128 Å². The average Bonchev–Trinajstić information content (AvgIpc) is 3.14. The summed E-state index contributed by atoms with van der Waals surface area (Å²) in [5, 5.41) is 9.92. The van der Waals surface area contributed by atoms with Gasteiger partial charge >= 0.3 is 0 Å². The number of nitrogens with zero attached hydrogens (tertiary/aromatic N) is 3. The second-order valence-electron chi connectivity index (χ2n) is 5.69. The summed E-state index contributed by atoms with van der Waals surface area (Å²) in [4.78, 5) is 10.4. The predicted molar refractivity (Wildman–Crippen MR) is 77.5 cm³/mol. The molecule has 1 N–H and O–H groups in total. The SMILES string of the molecule is OCC12CO[C@H](c3cccnc3)N1[C@H](c1cccnc1)OC2. The lowest BCUT2D eigenvalue weighted by Gasteiger charge is -2.32. The highest BCUT2D eigenvalue weighted by molar-refractivity contribution is 5.21. The molecule has 2 aromatic heterocycles. The normalized spacial score (nSPS) is 31.3. The van der Waals surface area contributed by atoms with Gasteiger partial charge in [0.2, 0.25) is 0 Å². The van der Waals surface area contributed by atoms with E-state index in [9.17, 15) is 5.11 Å². The van der Waals surface area contributed by atoms with Gasteiger partial charge in [-0.1, -0.05) is 12.1 Å². The molecule has 4 rings (SSSR count). The Morgan fingerprint density at radius 2 is 1.59 bits per heavy atom. The van der Waals surface area contributed by atoms with Crippen LogP contribution in [0.2, 0.25) is 0 Å². The Kier molecular flexibility index (Phi) is 3.38. The minimum Gasteiger partial charge on any atom is -0.394 e. The van der Waals surface area contributed by atoms with Crippen molar-refractivity contribution in [1.29, 1.82) is 0 Å². The minimum absolute atomic E-state index is 0.0134. The number of pyridine rings is 2. The highest BCUT2D eigenvalue weighted by Crippen LogP contribution is 2.48. The van der Waals surface area contributed by atoms with Crippen molar-refractivity contribution in [3.05, 3.63) is 60.2 Å². The van der Waals surface area contributed by atoms with E-state index in [4.69, 9.17) is 9.47 Å². The van der Waals surface area contributed by atoms with Gasteiger partial charge < -0.3 is 14.6 Å². The fourth-order valence-corrected chi connectivity index (χ4v) is 3.17. The van der Waals surface area contributed by atoms with Crippen LogP contribution >= 0.6 is 0 Å². The van der Waals surface area contributed by atoms with Crippen LogP contribution in [0.15, 0.2) is 49.1 Å². The monoisotopic (exact) mass is 299 g/mol. The van der Waals surface area contributed by atoms with Gasteiger partial charge in [-0.15, -0.1) is 0 Å². The van der Waals surface area contributed by atoms with Gasteiger partial charge in [-0.05, 0) is 12.1 Å². The number of rotatable bonds is 3. The summed E-state index contributed by atoms with van der Waals surface area (Å²) in [5.41, 5.74) is 1.40. The third-order valence-corrected chi connectivity index (χ3v) is 4.31. The standard InChI is InChI=1S/C16H17N3O3/c20-9-16-10-21-14(12-3-1-5-17-7-12)19(16)15(22-11-16)13-4-2-6-18-8-13/h1-8,14-15,20H,9-11H2/t14-,15+,16?. The first-order valence-corrected chi connectivity index (χ1v) is 7.26.